The highest BCUT2D eigenvalue weighted by atomic mass is 32.4. The Hall–Kier alpha value is -1.17. The second kappa shape index (κ2) is 7.92. The van der Waals surface area contributed by atoms with Crippen LogP contribution in [0.3, 0.4) is 0 Å². The first kappa shape index (κ1) is 18.8. The van der Waals surface area contributed by atoms with Crippen LogP contribution in [0.1, 0.15) is 38.5 Å². The van der Waals surface area contributed by atoms with Gasteiger partial charge in [0, 0.05) is 25.9 Å². The van der Waals surface area contributed by atoms with Gasteiger partial charge in [0.25, 0.3) is 0 Å². The van der Waals surface area contributed by atoms with E-state index in [9.17, 15) is 0 Å². The molecule has 0 spiro atoms. The number of hydrazine groups is 1. The first-order valence-corrected chi connectivity index (χ1v) is 13.2. The minimum absolute atomic E-state index is 0.178. The number of rotatable bonds is 5. The van der Waals surface area contributed by atoms with Crippen LogP contribution in [0.15, 0.2) is 53.1 Å². The van der Waals surface area contributed by atoms with Gasteiger partial charge < -0.3 is 14.2 Å². The second-order valence-corrected chi connectivity index (χ2v) is 11.6. The largest absolute Gasteiger partial charge is 0.376 e. The molecule has 150 valence electrons. The van der Waals surface area contributed by atoms with Crippen molar-refractivity contribution in [3.8, 4) is 0 Å². The average molecular weight is 419 g/mol. The lowest BCUT2D eigenvalue weighted by molar-refractivity contribution is -0.849. The Balaban J connectivity index is 1.55. The Bertz CT molecular complexity index is 829. The van der Waals surface area contributed by atoms with Gasteiger partial charge in [-0.3, -0.25) is 5.43 Å². The first-order valence-electron chi connectivity index (χ1n) is 10.5. The summed E-state index contributed by atoms with van der Waals surface area (Å²) < 4.78 is 14.6. The summed E-state index contributed by atoms with van der Waals surface area (Å²) in [4.78, 5) is 1.62. The number of nitrogens with zero attached hydrogens (tertiary/aromatic N) is 1. The molecular formula is C21H29N3O2PS+. The molecule has 3 saturated heterocycles. The highest BCUT2D eigenvalue weighted by molar-refractivity contribution is 8.15. The standard InChI is InChI=1S/C21H28N3O2PS/c28-27(26-16-18-10-7-15-25-18)21-19(22-24(27)17-8-2-1-3-9-17)11-6-12-20(21)23-13-4-5-14-23/h1-3,8-9,11,18,22H,4-7,10,12-16H2/p+1/t18-,27+/m0/s1. The van der Waals surface area contributed by atoms with Crippen molar-refractivity contribution >= 4 is 23.9 Å². The van der Waals surface area contributed by atoms with Crippen LogP contribution >= 0.6 is 6.42 Å². The maximum Gasteiger partial charge on any atom is 0.212 e. The van der Waals surface area contributed by atoms with E-state index < -0.39 is 6.42 Å². The van der Waals surface area contributed by atoms with E-state index in [0.717, 1.165) is 38.0 Å². The number of allylic oxidation sites excluding steroid dienone is 3. The van der Waals surface area contributed by atoms with Gasteiger partial charge in [-0.15, -0.1) is 0 Å². The number of hydrogen-bond acceptors (Lipinski definition) is 4. The molecule has 2 N–H and O–H groups in total. The van der Waals surface area contributed by atoms with Crippen LogP contribution in [0.4, 0.5) is 5.69 Å². The zero-order valence-electron chi connectivity index (χ0n) is 16.2. The van der Waals surface area contributed by atoms with Crippen LogP contribution in [0.25, 0.3) is 0 Å². The maximum atomic E-state index is 6.65. The molecule has 0 amide bonds. The van der Waals surface area contributed by atoms with E-state index in [-0.39, 0.29) is 6.10 Å². The number of fused-ring (bicyclic) bond motifs is 1. The SMILES string of the molecule is S=[P@]1(OC[C@@H]2CCCO2)C2=C([NH+]3CCCC3)CCC=C2NN1c1ccccc1. The van der Waals surface area contributed by atoms with E-state index in [1.807, 2.05) is 6.07 Å². The molecule has 0 unspecified atom stereocenters. The predicted molar refractivity (Wildman–Crippen MR) is 116 cm³/mol. The molecule has 4 aliphatic rings. The summed E-state index contributed by atoms with van der Waals surface area (Å²) in [6.07, 6.45) is 7.04. The molecule has 2 atom stereocenters. The number of quaternary nitrogens is 1. The zero-order valence-corrected chi connectivity index (χ0v) is 17.9. The third kappa shape index (κ3) is 3.35. The van der Waals surface area contributed by atoms with Crippen molar-refractivity contribution in [2.24, 2.45) is 0 Å². The van der Waals surface area contributed by atoms with E-state index in [1.165, 1.54) is 42.6 Å². The number of anilines is 1. The fraction of sp³-hybridized carbons (Fsp3) is 0.524. The molecule has 3 aliphatic heterocycles. The van der Waals surface area contributed by atoms with Crippen LogP contribution < -0.4 is 15.1 Å². The van der Waals surface area contributed by atoms with Gasteiger partial charge >= 0.3 is 0 Å². The van der Waals surface area contributed by atoms with Crippen molar-refractivity contribution < 1.29 is 14.2 Å². The number of para-hydroxylation sites is 1. The average Bonchev–Trinajstić information content (AvgIpc) is 3.48. The highest BCUT2D eigenvalue weighted by Gasteiger charge is 2.47. The molecule has 3 heterocycles. The Kier molecular flexibility index (Phi) is 5.33. The lowest BCUT2D eigenvalue weighted by atomic mass is 10.1. The molecule has 28 heavy (non-hydrogen) atoms. The van der Waals surface area contributed by atoms with Gasteiger partial charge in [0.2, 0.25) is 6.42 Å². The molecule has 0 saturated carbocycles. The molecule has 0 aromatic heterocycles. The van der Waals surface area contributed by atoms with Gasteiger partial charge in [-0.1, -0.05) is 24.3 Å². The fourth-order valence-corrected chi connectivity index (χ4v) is 8.52. The molecule has 0 radical (unpaired) electrons. The van der Waals surface area contributed by atoms with Crippen molar-refractivity contribution in [2.75, 3.05) is 31.1 Å². The second-order valence-electron chi connectivity index (χ2n) is 8.00. The number of benzene rings is 1. The molecule has 0 bridgehead atoms. The van der Waals surface area contributed by atoms with Crippen LogP contribution in [0.2, 0.25) is 0 Å². The van der Waals surface area contributed by atoms with Crippen LogP contribution in [0, 0.1) is 0 Å². The number of hydrogen-bond donors (Lipinski definition) is 2. The molecule has 7 heteroatoms. The van der Waals surface area contributed by atoms with Crippen molar-refractivity contribution in [3.63, 3.8) is 0 Å². The molecule has 3 fully saturated rings. The summed E-state index contributed by atoms with van der Waals surface area (Å²) in [6.45, 7) is 3.87. The minimum Gasteiger partial charge on any atom is -0.376 e. The van der Waals surface area contributed by atoms with E-state index in [0.29, 0.717) is 6.61 Å². The molecule has 1 aromatic rings. The van der Waals surface area contributed by atoms with Gasteiger partial charge in [0.05, 0.1) is 37.2 Å². The van der Waals surface area contributed by atoms with Gasteiger partial charge in [-0.25, -0.2) is 4.78 Å². The third-order valence-corrected chi connectivity index (χ3v) is 9.94. The first-order chi connectivity index (χ1) is 13.8. The van der Waals surface area contributed by atoms with Crippen molar-refractivity contribution in [3.05, 3.63) is 53.1 Å². The van der Waals surface area contributed by atoms with Gasteiger partial charge in [-0.05, 0) is 43.2 Å². The Labute approximate surface area is 172 Å². The zero-order chi connectivity index (χ0) is 19.0. The van der Waals surface area contributed by atoms with Gasteiger partial charge in [-0.2, -0.15) is 0 Å². The lowest BCUT2D eigenvalue weighted by Gasteiger charge is -2.31. The smallest absolute Gasteiger partial charge is 0.212 e. The summed E-state index contributed by atoms with van der Waals surface area (Å²) in [5, 5.41) is 1.28. The fourth-order valence-electron chi connectivity index (χ4n) is 4.76. The monoisotopic (exact) mass is 418 g/mol. The van der Waals surface area contributed by atoms with E-state index in [1.54, 1.807) is 4.90 Å². The van der Waals surface area contributed by atoms with Crippen LogP contribution in [-0.2, 0) is 21.1 Å². The quantitative estimate of drug-likeness (QED) is 0.719. The molecule has 5 rings (SSSR count). The Morgan fingerprint density at radius 3 is 2.79 bits per heavy atom. The summed E-state index contributed by atoms with van der Waals surface area (Å²) in [5.74, 6) is 0. The van der Waals surface area contributed by atoms with E-state index in [4.69, 9.17) is 21.1 Å². The highest BCUT2D eigenvalue weighted by Crippen LogP contribution is 2.66. The molecule has 1 aliphatic carbocycles. The summed E-state index contributed by atoms with van der Waals surface area (Å²) in [7, 11) is 0. The van der Waals surface area contributed by atoms with Crippen LogP contribution in [0.5, 0.6) is 0 Å². The third-order valence-electron chi connectivity index (χ3n) is 6.15. The molecular weight excluding hydrogens is 389 g/mol. The van der Waals surface area contributed by atoms with E-state index >= 15 is 0 Å². The van der Waals surface area contributed by atoms with Crippen LogP contribution in [-0.4, -0.2) is 32.4 Å². The predicted octanol–water partition coefficient (Wildman–Crippen LogP) is 3.08. The summed E-state index contributed by atoms with van der Waals surface area (Å²) in [5.41, 5.74) is 7.39. The maximum absolute atomic E-state index is 6.65. The van der Waals surface area contributed by atoms with Crippen molar-refractivity contribution in [1.82, 2.24) is 5.43 Å². The number of ether oxygens (including phenoxy) is 1. The number of likely N-dealkylation sites (tertiary alicyclic amines) is 1. The van der Waals surface area contributed by atoms with Crippen molar-refractivity contribution in [2.45, 2.75) is 44.6 Å². The normalized spacial score (nSPS) is 30.5. The molecule has 1 aromatic carbocycles. The molecule has 5 nitrogen and oxygen atoms in total. The van der Waals surface area contributed by atoms with E-state index in [2.05, 4.69) is 40.5 Å². The van der Waals surface area contributed by atoms with Gasteiger partial charge in [0.1, 0.15) is 11.0 Å². The lowest BCUT2D eigenvalue weighted by Crippen LogP contribution is -3.08. The Morgan fingerprint density at radius 2 is 2.04 bits per heavy atom. The van der Waals surface area contributed by atoms with Crippen molar-refractivity contribution in [1.29, 1.82) is 0 Å². The number of nitrogens with one attached hydrogen (secondary N) is 2. The summed E-state index contributed by atoms with van der Waals surface area (Å²) in [6, 6.07) is 10.4. The Morgan fingerprint density at radius 1 is 1.21 bits per heavy atom. The topological polar surface area (TPSA) is 38.2 Å². The minimum atomic E-state index is -2.43. The summed E-state index contributed by atoms with van der Waals surface area (Å²) >= 11 is 6.40. The van der Waals surface area contributed by atoms with Gasteiger partial charge in [0.15, 0.2) is 0 Å².